The second-order valence-electron chi connectivity index (χ2n) is 6.87. The molecule has 10 heteroatoms. The largest absolute Gasteiger partial charge is 0.489 e. The number of furan rings is 1. The third-order valence-corrected chi connectivity index (χ3v) is 4.78. The first-order valence-corrected chi connectivity index (χ1v) is 10.9. The quantitative estimate of drug-likeness (QED) is 0.491. The first-order valence-electron chi connectivity index (χ1n) is 8.87. The number of ether oxygens (including phenoxy) is 1. The minimum absolute atomic E-state index is 0.0271. The molecule has 0 amide bonds. The predicted molar refractivity (Wildman–Crippen MR) is 109 cm³/mol. The maximum absolute atomic E-state index is 13.3. The lowest BCUT2D eigenvalue weighted by molar-refractivity contribution is 0.0699. The maximum atomic E-state index is 13.3. The van der Waals surface area contributed by atoms with Crippen LogP contribution in [0, 0.1) is 5.82 Å². The zero-order valence-electron chi connectivity index (χ0n) is 16.2. The predicted octanol–water partition coefficient (Wildman–Crippen LogP) is 3.11. The van der Waals surface area contributed by atoms with Crippen molar-refractivity contribution in [3.8, 4) is 17.1 Å². The summed E-state index contributed by atoms with van der Waals surface area (Å²) in [5.74, 6) is -1.94. The minimum atomic E-state index is -3.36. The Morgan fingerprint density at radius 2 is 1.93 bits per heavy atom. The van der Waals surface area contributed by atoms with Gasteiger partial charge in [-0.1, -0.05) is 0 Å². The van der Waals surface area contributed by atoms with Crippen molar-refractivity contribution in [1.82, 2.24) is 0 Å². The van der Waals surface area contributed by atoms with E-state index in [0.717, 1.165) is 6.26 Å². The Bertz CT molecular complexity index is 1180. The maximum Gasteiger partial charge on any atom is 0.340 e. The number of hydrogen-bond acceptors (Lipinski definition) is 7. The Morgan fingerprint density at radius 1 is 1.27 bits per heavy atom. The summed E-state index contributed by atoms with van der Waals surface area (Å²) in [6.45, 7) is 1.42. The highest BCUT2D eigenvalue weighted by atomic mass is 32.2. The molecule has 3 aromatic rings. The molecule has 0 spiro atoms. The number of aliphatic hydroxyl groups excluding tert-OH is 1. The van der Waals surface area contributed by atoms with Crippen molar-refractivity contribution in [1.29, 1.82) is 0 Å². The molecule has 3 rings (SSSR count). The Hall–Kier alpha value is -3.11. The van der Waals surface area contributed by atoms with Gasteiger partial charge in [0.2, 0.25) is 0 Å². The monoisotopic (exact) mass is 437 g/mol. The van der Waals surface area contributed by atoms with Gasteiger partial charge in [-0.2, -0.15) is 0 Å². The second kappa shape index (κ2) is 8.33. The molecule has 1 unspecified atom stereocenters. The molecule has 0 radical (unpaired) electrons. The normalized spacial score (nSPS) is 12.7. The van der Waals surface area contributed by atoms with Crippen LogP contribution in [0.1, 0.15) is 17.3 Å². The topological polar surface area (TPSA) is 126 Å². The highest BCUT2D eigenvalue weighted by Gasteiger charge is 2.24. The third-order valence-electron chi connectivity index (χ3n) is 4.12. The van der Waals surface area contributed by atoms with Crippen molar-refractivity contribution in [2.24, 2.45) is 0 Å². The van der Waals surface area contributed by atoms with E-state index in [0.29, 0.717) is 5.56 Å². The molecule has 1 heterocycles. The summed E-state index contributed by atoms with van der Waals surface area (Å²) in [4.78, 5) is 11.9. The zero-order chi connectivity index (χ0) is 22.1. The molecular weight excluding hydrogens is 417 g/mol. The van der Waals surface area contributed by atoms with Crippen LogP contribution < -0.4 is 10.1 Å². The van der Waals surface area contributed by atoms with Crippen LogP contribution in [-0.2, 0) is 9.84 Å². The van der Waals surface area contributed by atoms with Crippen molar-refractivity contribution in [2.45, 2.75) is 13.0 Å². The van der Waals surface area contributed by atoms with Crippen molar-refractivity contribution in [3.63, 3.8) is 0 Å². The Morgan fingerprint density at radius 3 is 2.50 bits per heavy atom. The van der Waals surface area contributed by atoms with Crippen LogP contribution in [-0.4, -0.2) is 49.4 Å². The molecule has 0 aliphatic rings. The first kappa shape index (κ1) is 21.6. The molecule has 0 saturated heterocycles. The highest BCUT2D eigenvalue weighted by Crippen LogP contribution is 2.39. The summed E-state index contributed by atoms with van der Waals surface area (Å²) in [5.41, 5.74) is 0.646. The number of carbonyl (C=O) groups is 1. The summed E-state index contributed by atoms with van der Waals surface area (Å²) >= 11 is 0. The summed E-state index contributed by atoms with van der Waals surface area (Å²) in [6.07, 6.45) is 0.248. The van der Waals surface area contributed by atoms with Gasteiger partial charge in [0.25, 0.3) is 0 Å². The number of carboxylic acid groups (broad SMARTS) is 1. The van der Waals surface area contributed by atoms with E-state index in [2.05, 4.69) is 5.32 Å². The molecule has 1 atom stereocenters. The molecule has 0 fully saturated rings. The van der Waals surface area contributed by atoms with Crippen LogP contribution in [0.15, 0.2) is 40.8 Å². The molecule has 30 heavy (non-hydrogen) atoms. The second-order valence-corrected chi connectivity index (χ2v) is 9.01. The number of nitrogens with one attached hydrogen (secondary N) is 1. The van der Waals surface area contributed by atoms with E-state index >= 15 is 0 Å². The molecule has 3 N–H and O–H groups in total. The van der Waals surface area contributed by atoms with Crippen LogP contribution in [0.25, 0.3) is 22.3 Å². The minimum Gasteiger partial charge on any atom is -0.489 e. The van der Waals surface area contributed by atoms with E-state index in [9.17, 15) is 27.8 Å². The van der Waals surface area contributed by atoms with Crippen LogP contribution in [0.5, 0.6) is 5.75 Å². The van der Waals surface area contributed by atoms with Gasteiger partial charge in [-0.25, -0.2) is 17.6 Å². The number of rotatable bonds is 8. The van der Waals surface area contributed by atoms with Crippen LogP contribution in [0.3, 0.4) is 0 Å². The molecule has 0 bridgehead atoms. The summed E-state index contributed by atoms with van der Waals surface area (Å²) in [5, 5.41) is 22.2. The Kier molecular flexibility index (Phi) is 5.99. The smallest absolute Gasteiger partial charge is 0.340 e. The van der Waals surface area contributed by atoms with Gasteiger partial charge in [0, 0.05) is 23.3 Å². The van der Waals surface area contributed by atoms with Crippen molar-refractivity contribution in [2.75, 3.05) is 24.1 Å². The highest BCUT2D eigenvalue weighted by molar-refractivity contribution is 7.90. The average Bonchev–Trinajstić information content (AvgIpc) is 3.02. The average molecular weight is 437 g/mol. The lowest BCUT2D eigenvalue weighted by atomic mass is 10.0. The van der Waals surface area contributed by atoms with Crippen molar-refractivity contribution >= 4 is 32.5 Å². The number of aromatic carboxylic acids is 1. The number of benzene rings is 2. The number of hydrogen-bond donors (Lipinski definition) is 3. The first-order chi connectivity index (χ1) is 14.0. The van der Waals surface area contributed by atoms with Crippen molar-refractivity contribution in [3.05, 3.63) is 47.8 Å². The van der Waals surface area contributed by atoms with Gasteiger partial charge in [0.05, 0.1) is 11.8 Å². The molecular formula is C20H20FNO7S. The molecule has 1 aromatic heterocycles. The number of halogens is 1. The molecule has 160 valence electrons. The molecule has 0 aliphatic heterocycles. The van der Waals surface area contributed by atoms with Crippen LogP contribution in [0.4, 0.5) is 10.1 Å². The fourth-order valence-electron chi connectivity index (χ4n) is 2.82. The van der Waals surface area contributed by atoms with Gasteiger partial charge in [-0.05, 0) is 37.3 Å². The number of aliphatic hydroxyl groups is 1. The number of sulfone groups is 1. The van der Waals surface area contributed by atoms with E-state index in [1.807, 2.05) is 0 Å². The van der Waals surface area contributed by atoms with E-state index in [1.165, 1.54) is 43.3 Å². The summed E-state index contributed by atoms with van der Waals surface area (Å²) < 4.78 is 47.6. The standard InChI is InChI=1S/C20H20FNO7S/c1-11(23)9-28-17-7-14-16(8-15(17)22-10-30(2,26)27)29-19(18(14)20(24)25)12-3-5-13(21)6-4-12/h3-8,11,22-23H,9-10H2,1-2H3,(H,24,25). The van der Waals surface area contributed by atoms with Gasteiger partial charge in [-0.15, -0.1) is 0 Å². The van der Waals surface area contributed by atoms with E-state index < -0.39 is 27.7 Å². The van der Waals surface area contributed by atoms with Gasteiger partial charge in [-0.3, -0.25) is 0 Å². The zero-order valence-corrected chi connectivity index (χ0v) is 17.0. The summed E-state index contributed by atoms with van der Waals surface area (Å²) in [7, 11) is -3.36. The number of anilines is 1. The number of fused-ring (bicyclic) bond motifs is 1. The Balaban J connectivity index is 2.17. The lowest BCUT2D eigenvalue weighted by Gasteiger charge is -2.14. The molecule has 0 saturated carbocycles. The van der Waals surface area contributed by atoms with Gasteiger partial charge < -0.3 is 24.7 Å². The SMILES string of the molecule is CC(O)COc1cc2c(C(=O)O)c(-c3ccc(F)cc3)oc2cc1NCS(C)(=O)=O. The van der Waals surface area contributed by atoms with Gasteiger partial charge in [0.15, 0.2) is 9.84 Å². The molecule has 0 aliphatic carbocycles. The summed E-state index contributed by atoms with van der Waals surface area (Å²) in [6, 6.07) is 7.99. The fraction of sp³-hybridized carbons (Fsp3) is 0.250. The van der Waals surface area contributed by atoms with Gasteiger partial charge >= 0.3 is 5.97 Å². The van der Waals surface area contributed by atoms with E-state index in [4.69, 9.17) is 9.15 Å². The van der Waals surface area contributed by atoms with E-state index in [-0.39, 0.29) is 46.2 Å². The van der Waals surface area contributed by atoms with Crippen LogP contribution >= 0.6 is 0 Å². The molecule has 8 nitrogen and oxygen atoms in total. The van der Waals surface area contributed by atoms with E-state index in [1.54, 1.807) is 0 Å². The fourth-order valence-corrected chi connectivity index (χ4v) is 3.23. The van der Waals surface area contributed by atoms with Gasteiger partial charge in [0.1, 0.15) is 41.0 Å². The molecule has 2 aromatic carbocycles. The Labute approximate surface area is 171 Å². The van der Waals surface area contributed by atoms with Crippen LogP contribution in [0.2, 0.25) is 0 Å². The lowest BCUT2D eigenvalue weighted by Crippen LogP contribution is -2.16. The number of carboxylic acids is 1. The third kappa shape index (κ3) is 4.89. The van der Waals surface area contributed by atoms with Crippen molar-refractivity contribution < 1.29 is 37.0 Å².